The van der Waals surface area contributed by atoms with Gasteiger partial charge in [0.25, 0.3) is 0 Å². The van der Waals surface area contributed by atoms with Crippen LogP contribution < -0.4 is 5.32 Å². The topological polar surface area (TPSA) is 32.3 Å². The van der Waals surface area contributed by atoms with Crippen molar-refractivity contribution in [1.29, 1.82) is 0 Å². The maximum absolute atomic E-state index is 9.89. The summed E-state index contributed by atoms with van der Waals surface area (Å²) >= 11 is 0. The molecule has 0 aliphatic carbocycles. The van der Waals surface area contributed by atoms with E-state index in [0.717, 1.165) is 24.9 Å². The third kappa shape index (κ3) is 6.25. The van der Waals surface area contributed by atoms with E-state index in [1.807, 2.05) is 36.4 Å². The molecule has 0 spiro atoms. The Balaban J connectivity index is 2.05. The average molecular weight is 233 g/mol. The minimum absolute atomic E-state index is 0.399. The van der Waals surface area contributed by atoms with Crippen LogP contribution in [0.15, 0.2) is 43.0 Å². The zero-order valence-electron chi connectivity index (χ0n) is 10.4. The molecule has 0 fully saturated rings. The smallest absolute Gasteiger partial charge is 0.0914 e. The van der Waals surface area contributed by atoms with Gasteiger partial charge in [-0.2, -0.15) is 0 Å². The van der Waals surface area contributed by atoms with Crippen LogP contribution in [0.2, 0.25) is 0 Å². The number of aliphatic hydroxyl groups excluding tert-OH is 1. The van der Waals surface area contributed by atoms with E-state index in [9.17, 15) is 5.11 Å². The molecule has 17 heavy (non-hydrogen) atoms. The molecular formula is C15H23NO. The highest BCUT2D eigenvalue weighted by Gasteiger charge is 2.04. The number of nitrogens with one attached hydrogen (secondary N) is 1. The van der Waals surface area contributed by atoms with E-state index in [1.165, 1.54) is 12.8 Å². The molecule has 1 atom stereocenters. The van der Waals surface area contributed by atoms with Crippen LogP contribution in [0.5, 0.6) is 0 Å². The first-order valence-electron chi connectivity index (χ1n) is 6.39. The first kappa shape index (κ1) is 13.9. The SMILES string of the molecule is C=CCCCCCNCC(O)c1ccccc1. The molecule has 1 rings (SSSR count). The molecule has 2 heteroatoms. The Kier molecular flexibility index (Phi) is 7.35. The van der Waals surface area contributed by atoms with E-state index in [4.69, 9.17) is 0 Å². The molecule has 0 saturated carbocycles. The molecule has 0 aliphatic rings. The summed E-state index contributed by atoms with van der Waals surface area (Å²) in [7, 11) is 0. The quantitative estimate of drug-likeness (QED) is 0.507. The molecule has 94 valence electrons. The van der Waals surface area contributed by atoms with Crippen LogP contribution in [0, 0.1) is 0 Å². The summed E-state index contributed by atoms with van der Waals surface area (Å²) in [6.45, 7) is 5.31. The third-order valence-electron chi connectivity index (χ3n) is 2.78. The molecular weight excluding hydrogens is 210 g/mol. The lowest BCUT2D eigenvalue weighted by Gasteiger charge is -2.11. The van der Waals surface area contributed by atoms with Crippen molar-refractivity contribution in [3.8, 4) is 0 Å². The molecule has 1 unspecified atom stereocenters. The summed E-state index contributed by atoms with van der Waals surface area (Å²) in [6.07, 6.45) is 6.27. The Morgan fingerprint density at radius 3 is 2.65 bits per heavy atom. The van der Waals surface area contributed by atoms with Gasteiger partial charge in [0.2, 0.25) is 0 Å². The lowest BCUT2D eigenvalue weighted by molar-refractivity contribution is 0.174. The number of unbranched alkanes of at least 4 members (excludes halogenated alkanes) is 3. The van der Waals surface area contributed by atoms with E-state index in [1.54, 1.807) is 0 Å². The summed E-state index contributed by atoms with van der Waals surface area (Å²) in [4.78, 5) is 0. The Morgan fingerprint density at radius 2 is 1.94 bits per heavy atom. The summed E-state index contributed by atoms with van der Waals surface area (Å²) in [6, 6.07) is 9.78. The first-order chi connectivity index (χ1) is 8.34. The minimum Gasteiger partial charge on any atom is -0.387 e. The van der Waals surface area contributed by atoms with Gasteiger partial charge in [-0.15, -0.1) is 6.58 Å². The van der Waals surface area contributed by atoms with Crippen molar-refractivity contribution in [3.63, 3.8) is 0 Å². The van der Waals surface area contributed by atoms with Crippen LogP contribution in [-0.4, -0.2) is 18.2 Å². The second-order valence-electron chi connectivity index (χ2n) is 4.27. The maximum Gasteiger partial charge on any atom is 0.0914 e. The summed E-state index contributed by atoms with van der Waals surface area (Å²) in [5.41, 5.74) is 0.978. The molecule has 0 bridgehead atoms. The number of hydrogen-bond acceptors (Lipinski definition) is 2. The summed E-state index contributed by atoms with van der Waals surface area (Å²) in [5, 5.41) is 13.2. The first-order valence-corrected chi connectivity index (χ1v) is 6.39. The van der Waals surface area contributed by atoms with Gasteiger partial charge in [-0.25, -0.2) is 0 Å². The second-order valence-corrected chi connectivity index (χ2v) is 4.27. The van der Waals surface area contributed by atoms with E-state index in [-0.39, 0.29) is 0 Å². The number of aliphatic hydroxyl groups is 1. The van der Waals surface area contributed by atoms with Crippen LogP contribution >= 0.6 is 0 Å². The summed E-state index contributed by atoms with van der Waals surface area (Å²) < 4.78 is 0. The molecule has 2 nitrogen and oxygen atoms in total. The van der Waals surface area contributed by atoms with Crippen molar-refractivity contribution in [1.82, 2.24) is 5.32 Å². The van der Waals surface area contributed by atoms with E-state index < -0.39 is 6.10 Å². The normalized spacial score (nSPS) is 12.3. The highest BCUT2D eigenvalue weighted by molar-refractivity contribution is 5.17. The number of rotatable bonds is 9. The highest BCUT2D eigenvalue weighted by atomic mass is 16.3. The van der Waals surface area contributed by atoms with Crippen molar-refractivity contribution in [2.24, 2.45) is 0 Å². The van der Waals surface area contributed by atoms with Gasteiger partial charge >= 0.3 is 0 Å². The van der Waals surface area contributed by atoms with Gasteiger partial charge in [-0.05, 0) is 31.4 Å². The molecule has 1 aromatic rings. The molecule has 0 radical (unpaired) electrons. The van der Waals surface area contributed by atoms with E-state index >= 15 is 0 Å². The highest BCUT2D eigenvalue weighted by Crippen LogP contribution is 2.10. The average Bonchev–Trinajstić information content (AvgIpc) is 2.38. The van der Waals surface area contributed by atoms with Crippen molar-refractivity contribution in [2.45, 2.75) is 31.8 Å². The number of benzene rings is 1. The molecule has 0 aromatic heterocycles. The van der Waals surface area contributed by atoms with Gasteiger partial charge in [0.15, 0.2) is 0 Å². The fraction of sp³-hybridized carbons (Fsp3) is 0.467. The van der Waals surface area contributed by atoms with Gasteiger partial charge in [-0.1, -0.05) is 42.8 Å². The zero-order chi connectivity index (χ0) is 12.3. The van der Waals surface area contributed by atoms with Crippen LogP contribution in [0.3, 0.4) is 0 Å². The molecule has 0 saturated heterocycles. The lowest BCUT2D eigenvalue weighted by Crippen LogP contribution is -2.22. The van der Waals surface area contributed by atoms with Crippen molar-refractivity contribution in [3.05, 3.63) is 48.6 Å². The maximum atomic E-state index is 9.89. The van der Waals surface area contributed by atoms with Gasteiger partial charge < -0.3 is 10.4 Å². The molecule has 2 N–H and O–H groups in total. The van der Waals surface area contributed by atoms with Crippen molar-refractivity contribution in [2.75, 3.05) is 13.1 Å². The van der Waals surface area contributed by atoms with Gasteiger partial charge in [0.1, 0.15) is 0 Å². The molecule has 1 aromatic carbocycles. The van der Waals surface area contributed by atoms with Crippen molar-refractivity contribution >= 4 is 0 Å². The van der Waals surface area contributed by atoms with E-state index in [0.29, 0.717) is 6.54 Å². The van der Waals surface area contributed by atoms with Crippen LogP contribution in [-0.2, 0) is 0 Å². The van der Waals surface area contributed by atoms with E-state index in [2.05, 4.69) is 11.9 Å². The largest absolute Gasteiger partial charge is 0.387 e. The monoisotopic (exact) mass is 233 g/mol. The van der Waals surface area contributed by atoms with Gasteiger partial charge in [-0.3, -0.25) is 0 Å². The standard InChI is InChI=1S/C15H23NO/c1-2-3-4-5-9-12-16-13-15(17)14-10-7-6-8-11-14/h2,6-8,10-11,15-17H,1,3-5,9,12-13H2. The van der Waals surface area contributed by atoms with Crippen molar-refractivity contribution < 1.29 is 5.11 Å². The molecule has 0 amide bonds. The zero-order valence-corrected chi connectivity index (χ0v) is 10.4. The fourth-order valence-electron chi connectivity index (χ4n) is 1.75. The Hall–Kier alpha value is -1.12. The second kappa shape index (κ2) is 8.97. The van der Waals surface area contributed by atoms with Crippen LogP contribution in [0.4, 0.5) is 0 Å². The van der Waals surface area contributed by atoms with Crippen LogP contribution in [0.25, 0.3) is 0 Å². The van der Waals surface area contributed by atoms with Gasteiger partial charge in [0.05, 0.1) is 6.10 Å². The Morgan fingerprint density at radius 1 is 1.18 bits per heavy atom. The molecule has 0 heterocycles. The fourth-order valence-corrected chi connectivity index (χ4v) is 1.75. The minimum atomic E-state index is -0.399. The van der Waals surface area contributed by atoms with Gasteiger partial charge in [0, 0.05) is 6.54 Å². The lowest BCUT2D eigenvalue weighted by atomic mass is 10.1. The summed E-state index contributed by atoms with van der Waals surface area (Å²) in [5.74, 6) is 0. The third-order valence-corrected chi connectivity index (χ3v) is 2.78. The predicted molar refractivity (Wildman–Crippen MR) is 72.9 cm³/mol. The number of hydrogen-bond donors (Lipinski definition) is 2. The van der Waals surface area contributed by atoms with Crippen LogP contribution in [0.1, 0.15) is 37.4 Å². The molecule has 0 aliphatic heterocycles. The predicted octanol–water partition coefficient (Wildman–Crippen LogP) is 3.06. The Bertz CT molecular complexity index is 297. The Labute approximate surface area is 104 Å². The number of allylic oxidation sites excluding steroid dienone is 1.